The highest BCUT2D eigenvalue weighted by atomic mass is 31.2. The molecule has 0 radical (unpaired) electrons. The molecular weight excluding hydrogens is 203 g/mol. The van der Waals surface area contributed by atoms with E-state index >= 15 is 0 Å². The summed E-state index contributed by atoms with van der Waals surface area (Å²) in [5.41, 5.74) is 5.34. The number of amides is 1. The fourth-order valence-electron chi connectivity index (χ4n) is 1.12. The highest BCUT2D eigenvalue weighted by molar-refractivity contribution is 7.57. The van der Waals surface area contributed by atoms with E-state index in [9.17, 15) is 14.3 Å². The molecule has 2 unspecified atom stereocenters. The van der Waals surface area contributed by atoms with Crippen LogP contribution in [0.3, 0.4) is 0 Å². The Morgan fingerprint density at radius 3 is 2.07 bits per heavy atom. The number of carbonyl (C=O) groups excluding carboxylic acids is 1. The summed E-state index contributed by atoms with van der Waals surface area (Å²) < 4.78 is 11.4. The third-order valence-corrected chi connectivity index (χ3v) is 3.61. The van der Waals surface area contributed by atoms with E-state index in [1.54, 1.807) is 13.8 Å². The minimum atomic E-state index is -3.31. The normalized spacial score (nSPS) is 19.9. The van der Waals surface area contributed by atoms with Crippen LogP contribution >= 0.6 is 7.37 Å². The van der Waals surface area contributed by atoms with Crippen molar-refractivity contribution in [2.45, 2.75) is 32.6 Å². The number of rotatable bonds is 4. The molecule has 6 heteroatoms. The van der Waals surface area contributed by atoms with Crippen molar-refractivity contribution >= 4 is 13.3 Å². The minimum Gasteiger partial charge on any atom is -0.343 e. The van der Waals surface area contributed by atoms with Crippen LogP contribution in [0, 0.1) is 5.92 Å². The van der Waals surface area contributed by atoms with Gasteiger partial charge in [0.15, 0.2) is 0 Å². The van der Waals surface area contributed by atoms with Crippen LogP contribution in [0.5, 0.6) is 0 Å². The van der Waals surface area contributed by atoms with E-state index in [1.165, 1.54) is 13.6 Å². The van der Waals surface area contributed by atoms with Crippen LogP contribution in [0.4, 0.5) is 0 Å². The maximum Gasteiger partial charge on any atom is 0.237 e. The van der Waals surface area contributed by atoms with E-state index in [0.717, 1.165) is 0 Å². The van der Waals surface area contributed by atoms with Gasteiger partial charge in [0.05, 0.1) is 6.04 Å². The lowest BCUT2D eigenvalue weighted by Crippen LogP contribution is -2.45. The molecule has 0 aliphatic rings. The third kappa shape index (κ3) is 4.22. The molecule has 0 bridgehead atoms. The first-order chi connectivity index (χ1) is 6.16. The first-order valence-electron chi connectivity index (χ1n) is 4.52. The quantitative estimate of drug-likeness (QED) is 0.598. The summed E-state index contributed by atoms with van der Waals surface area (Å²) in [6.07, 6.45) is 0. The van der Waals surface area contributed by atoms with Crippen molar-refractivity contribution in [2.24, 2.45) is 11.7 Å². The van der Waals surface area contributed by atoms with Gasteiger partial charge in [-0.05, 0) is 12.8 Å². The predicted octanol–water partition coefficient (Wildman–Crippen LogP) is 0.332. The van der Waals surface area contributed by atoms with E-state index in [-0.39, 0.29) is 5.92 Å². The van der Waals surface area contributed by atoms with Gasteiger partial charge in [0, 0.05) is 6.66 Å². The Hall–Kier alpha value is -0.380. The van der Waals surface area contributed by atoms with Crippen LogP contribution in [0.1, 0.15) is 20.8 Å². The summed E-state index contributed by atoms with van der Waals surface area (Å²) in [5.74, 6) is -1.22. The number of nitrogens with one attached hydrogen (secondary N) is 1. The average molecular weight is 222 g/mol. The number of nitrogens with two attached hydrogens (primary N) is 1. The van der Waals surface area contributed by atoms with Crippen molar-refractivity contribution in [3.8, 4) is 0 Å². The van der Waals surface area contributed by atoms with Crippen molar-refractivity contribution in [1.82, 2.24) is 5.32 Å². The molecule has 0 aromatic heterocycles. The van der Waals surface area contributed by atoms with E-state index in [0.29, 0.717) is 0 Å². The smallest absolute Gasteiger partial charge is 0.237 e. The summed E-state index contributed by atoms with van der Waals surface area (Å²) in [6.45, 7) is 6.32. The van der Waals surface area contributed by atoms with E-state index < -0.39 is 25.1 Å². The Morgan fingerprint density at radius 2 is 1.86 bits per heavy atom. The van der Waals surface area contributed by atoms with Crippen LogP contribution < -0.4 is 11.1 Å². The maximum absolute atomic E-state index is 11.4. The van der Waals surface area contributed by atoms with Crippen LogP contribution in [-0.2, 0) is 9.36 Å². The Morgan fingerprint density at radius 1 is 1.43 bits per heavy atom. The molecule has 4 N–H and O–H groups in total. The molecule has 0 aliphatic heterocycles. The number of carbonyl (C=O) groups is 1. The third-order valence-electron chi connectivity index (χ3n) is 1.85. The standard InChI is InChI=1S/C8H19N2O3P/c1-5(2)8(14(4,12)13)10-7(11)6(3)9/h5-6,8H,9H2,1-4H3,(H,10,11)(H,12,13)/t6-,8?/m0/s1. The number of hydrogen-bond acceptors (Lipinski definition) is 3. The Balaban J connectivity index is 4.56. The predicted molar refractivity (Wildman–Crippen MR) is 56.2 cm³/mol. The molecule has 84 valence electrons. The van der Waals surface area contributed by atoms with Crippen molar-refractivity contribution in [3.05, 3.63) is 0 Å². The SMILES string of the molecule is CC(C)C(NC(=O)[C@H](C)N)P(C)(=O)O. The molecule has 0 aliphatic carbocycles. The molecule has 0 fully saturated rings. The Labute approximate surface area is 84.5 Å². The van der Waals surface area contributed by atoms with Crippen molar-refractivity contribution in [1.29, 1.82) is 0 Å². The zero-order valence-electron chi connectivity index (χ0n) is 9.02. The molecule has 3 atom stereocenters. The molecule has 5 nitrogen and oxygen atoms in total. The average Bonchev–Trinajstić information content (AvgIpc) is 1.96. The van der Waals surface area contributed by atoms with Gasteiger partial charge < -0.3 is 15.9 Å². The lowest BCUT2D eigenvalue weighted by Gasteiger charge is -2.25. The molecule has 0 spiro atoms. The molecular formula is C8H19N2O3P. The summed E-state index contributed by atoms with van der Waals surface area (Å²) >= 11 is 0. The maximum atomic E-state index is 11.4. The largest absolute Gasteiger partial charge is 0.343 e. The Bertz CT molecular complexity index is 247. The molecule has 14 heavy (non-hydrogen) atoms. The second-order valence-electron chi connectivity index (χ2n) is 3.93. The number of hydrogen-bond donors (Lipinski definition) is 3. The second kappa shape index (κ2) is 4.91. The van der Waals surface area contributed by atoms with Gasteiger partial charge in [0.2, 0.25) is 13.3 Å². The van der Waals surface area contributed by atoms with Crippen LogP contribution in [0.15, 0.2) is 0 Å². The van der Waals surface area contributed by atoms with Crippen molar-refractivity contribution < 1.29 is 14.3 Å². The van der Waals surface area contributed by atoms with E-state index in [2.05, 4.69) is 5.32 Å². The highest BCUT2D eigenvalue weighted by Gasteiger charge is 2.30. The molecule has 0 saturated heterocycles. The van der Waals surface area contributed by atoms with Crippen molar-refractivity contribution in [3.63, 3.8) is 0 Å². The molecule has 0 aromatic carbocycles. The lowest BCUT2D eigenvalue weighted by atomic mass is 10.2. The first-order valence-corrected chi connectivity index (χ1v) is 6.69. The molecule has 0 rings (SSSR count). The molecule has 1 amide bonds. The molecule has 0 heterocycles. The van der Waals surface area contributed by atoms with Crippen molar-refractivity contribution in [2.75, 3.05) is 6.66 Å². The fourth-order valence-corrected chi connectivity index (χ4v) is 2.59. The van der Waals surface area contributed by atoms with Gasteiger partial charge in [-0.3, -0.25) is 9.36 Å². The summed E-state index contributed by atoms with van der Waals surface area (Å²) in [5, 5.41) is 2.48. The van der Waals surface area contributed by atoms with Gasteiger partial charge in [0.25, 0.3) is 0 Å². The zero-order chi connectivity index (χ0) is 11.5. The fraction of sp³-hybridized carbons (Fsp3) is 0.875. The zero-order valence-corrected chi connectivity index (χ0v) is 9.91. The van der Waals surface area contributed by atoms with Crippen LogP contribution in [-0.4, -0.2) is 29.3 Å². The minimum absolute atomic E-state index is 0.0986. The second-order valence-corrected chi connectivity index (χ2v) is 6.37. The Kier molecular flexibility index (Phi) is 4.78. The molecule has 0 saturated carbocycles. The van der Waals surface area contributed by atoms with Gasteiger partial charge in [-0.2, -0.15) is 0 Å². The summed E-state index contributed by atoms with van der Waals surface area (Å²) in [7, 11) is -3.31. The van der Waals surface area contributed by atoms with Gasteiger partial charge in [-0.25, -0.2) is 0 Å². The van der Waals surface area contributed by atoms with E-state index in [4.69, 9.17) is 5.73 Å². The summed E-state index contributed by atoms with van der Waals surface area (Å²) in [6, 6.07) is -0.664. The monoisotopic (exact) mass is 222 g/mol. The van der Waals surface area contributed by atoms with Gasteiger partial charge in [0.1, 0.15) is 5.78 Å². The first kappa shape index (κ1) is 13.6. The van der Waals surface area contributed by atoms with E-state index in [1.807, 2.05) is 0 Å². The molecule has 0 aromatic rings. The highest BCUT2D eigenvalue weighted by Crippen LogP contribution is 2.43. The topological polar surface area (TPSA) is 92.4 Å². The van der Waals surface area contributed by atoms with Crippen LogP contribution in [0.2, 0.25) is 0 Å². The van der Waals surface area contributed by atoms with Crippen LogP contribution in [0.25, 0.3) is 0 Å². The lowest BCUT2D eigenvalue weighted by molar-refractivity contribution is -0.122. The van der Waals surface area contributed by atoms with Gasteiger partial charge in [-0.1, -0.05) is 13.8 Å². The van der Waals surface area contributed by atoms with Gasteiger partial charge in [-0.15, -0.1) is 0 Å². The summed E-state index contributed by atoms with van der Waals surface area (Å²) in [4.78, 5) is 20.6. The van der Waals surface area contributed by atoms with Gasteiger partial charge >= 0.3 is 0 Å².